The number of rotatable bonds is 10. The van der Waals surface area contributed by atoms with Gasteiger partial charge in [0.1, 0.15) is 0 Å². The van der Waals surface area contributed by atoms with E-state index in [1.807, 2.05) is 0 Å². The molecule has 14 heteroatoms. The van der Waals surface area contributed by atoms with Crippen LogP contribution in [0, 0.1) is 5.92 Å². The Bertz CT molecular complexity index is 1460. The van der Waals surface area contributed by atoms with Gasteiger partial charge in [-0.25, -0.2) is 16.8 Å². The fourth-order valence-corrected chi connectivity index (χ4v) is 5.60. The maximum absolute atomic E-state index is 13.0. The molecule has 1 fully saturated rings. The van der Waals surface area contributed by atoms with Gasteiger partial charge in [0, 0.05) is 17.8 Å². The Morgan fingerprint density at radius 1 is 1.11 bits per heavy atom. The number of sulfonamides is 1. The Kier molecular flexibility index (Phi) is 7.91. The van der Waals surface area contributed by atoms with Crippen molar-refractivity contribution < 1.29 is 44.7 Å². The first-order chi connectivity index (χ1) is 17.3. The Morgan fingerprint density at radius 2 is 1.71 bits per heavy atom. The lowest BCUT2D eigenvalue weighted by molar-refractivity contribution is -0.137. The molecule has 0 spiro atoms. The molecule has 0 bridgehead atoms. The summed E-state index contributed by atoms with van der Waals surface area (Å²) >= 11 is 0. The topological polar surface area (TPSA) is 147 Å². The fraction of sp³-hybridized carbons (Fsp3) is 0.417. The van der Waals surface area contributed by atoms with Gasteiger partial charge in [0.15, 0.2) is 0 Å². The summed E-state index contributed by atoms with van der Waals surface area (Å²) in [7, 11) is -9.08. The van der Waals surface area contributed by atoms with Gasteiger partial charge in [-0.05, 0) is 54.7 Å². The molecule has 2 aromatic rings. The summed E-state index contributed by atoms with van der Waals surface area (Å²) in [6.07, 6.45) is 1.20. The van der Waals surface area contributed by atoms with Crippen LogP contribution in [0.5, 0.6) is 0 Å². The molecular weight excluding hydrogens is 549 g/mol. The smallest absolute Gasteiger partial charge is 0.481 e. The Labute approximate surface area is 218 Å². The third-order valence-corrected chi connectivity index (χ3v) is 8.67. The number of nitrogens with one attached hydrogen (secondary N) is 2. The lowest BCUT2D eigenvalue weighted by Gasteiger charge is -2.19. The first-order valence-corrected chi connectivity index (χ1v) is 14.8. The summed E-state index contributed by atoms with van der Waals surface area (Å²) in [6, 6.07) is 8.50. The number of benzene rings is 2. The largest absolute Gasteiger partial charge is 0.501 e. The molecule has 0 heterocycles. The van der Waals surface area contributed by atoms with Crippen LogP contribution in [0.3, 0.4) is 0 Å². The minimum atomic E-state index is -5.47. The molecule has 208 valence electrons. The van der Waals surface area contributed by atoms with Crippen molar-refractivity contribution in [1.82, 2.24) is 5.32 Å². The lowest BCUT2D eigenvalue weighted by Crippen LogP contribution is -2.30. The summed E-state index contributed by atoms with van der Waals surface area (Å²) < 4.78 is 87.3. The second kappa shape index (κ2) is 10.2. The van der Waals surface area contributed by atoms with Crippen molar-refractivity contribution in [1.29, 1.82) is 0 Å². The van der Waals surface area contributed by atoms with Gasteiger partial charge in [-0.15, -0.1) is 0 Å². The third kappa shape index (κ3) is 6.46. The molecule has 38 heavy (non-hydrogen) atoms. The number of anilines is 1. The van der Waals surface area contributed by atoms with E-state index in [-0.39, 0.29) is 24.4 Å². The average molecular weight is 577 g/mol. The van der Waals surface area contributed by atoms with Crippen LogP contribution < -0.4 is 10.0 Å². The van der Waals surface area contributed by atoms with E-state index in [2.05, 4.69) is 10.0 Å². The minimum absolute atomic E-state index is 0.0580. The van der Waals surface area contributed by atoms with E-state index < -0.39 is 53.6 Å². The number of sulfone groups is 1. The lowest BCUT2D eigenvalue weighted by atomic mass is 9.95. The number of carboxylic acids is 1. The van der Waals surface area contributed by atoms with Crippen LogP contribution in [-0.4, -0.2) is 45.6 Å². The van der Waals surface area contributed by atoms with E-state index in [0.29, 0.717) is 23.1 Å². The van der Waals surface area contributed by atoms with Gasteiger partial charge >= 0.3 is 11.5 Å². The summed E-state index contributed by atoms with van der Waals surface area (Å²) in [5.74, 6) is -1.88. The van der Waals surface area contributed by atoms with Crippen LogP contribution in [-0.2, 0) is 41.3 Å². The number of aliphatic carboxylic acids is 1. The molecule has 0 radical (unpaired) electrons. The predicted molar refractivity (Wildman–Crippen MR) is 133 cm³/mol. The van der Waals surface area contributed by atoms with Crippen LogP contribution in [0.25, 0.3) is 0 Å². The first-order valence-electron chi connectivity index (χ1n) is 11.4. The van der Waals surface area contributed by atoms with Crippen LogP contribution >= 0.6 is 0 Å². The molecule has 9 nitrogen and oxygen atoms in total. The van der Waals surface area contributed by atoms with Gasteiger partial charge in [-0.1, -0.05) is 31.2 Å². The zero-order chi connectivity index (χ0) is 28.7. The van der Waals surface area contributed by atoms with Crippen molar-refractivity contribution in [3.8, 4) is 0 Å². The number of carboxylic acid groups (broad SMARTS) is 1. The summed E-state index contributed by atoms with van der Waals surface area (Å²) in [5, 5.41) is 11.9. The zero-order valence-electron chi connectivity index (χ0n) is 20.7. The molecule has 1 saturated carbocycles. The number of aryl methyl sites for hydroxylation is 1. The number of halogens is 3. The van der Waals surface area contributed by atoms with E-state index >= 15 is 0 Å². The number of hydrogen-bond donors (Lipinski definition) is 3. The SMILES string of the molecule is CC(NC(=O)C1CC1(C)c1ccc(S(=O)(=O)C(F)(F)F)cc1)c1ccc(NS(C)(=O)=O)c(CCC(=O)O)c1. The Morgan fingerprint density at radius 3 is 2.24 bits per heavy atom. The molecular formula is C24H27F3N2O7S2. The zero-order valence-corrected chi connectivity index (χ0v) is 22.3. The van der Waals surface area contributed by atoms with E-state index in [1.165, 1.54) is 18.2 Å². The second-order valence-electron chi connectivity index (χ2n) is 9.56. The molecule has 3 atom stereocenters. The number of carbonyl (C=O) groups excluding carboxylic acids is 1. The van der Waals surface area contributed by atoms with E-state index in [0.717, 1.165) is 18.4 Å². The van der Waals surface area contributed by atoms with E-state index in [1.54, 1.807) is 26.0 Å². The molecule has 0 aliphatic heterocycles. The normalized spacial score (nSPS) is 20.4. The average Bonchev–Trinajstić information content (AvgIpc) is 3.49. The van der Waals surface area contributed by atoms with Crippen molar-refractivity contribution in [2.24, 2.45) is 5.92 Å². The number of amides is 1. The van der Waals surface area contributed by atoms with Gasteiger partial charge in [0.2, 0.25) is 15.9 Å². The number of alkyl halides is 3. The van der Waals surface area contributed by atoms with Crippen molar-refractivity contribution in [3.63, 3.8) is 0 Å². The maximum Gasteiger partial charge on any atom is 0.501 e. The molecule has 1 aliphatic carbocycles. The predicted octanol–water partition coefficient (Wildman–Crippen LogP) is 3.52. The monoisotopic (exact) mass is 576 g/mol. The minimum Gasteiger partial charge on any atom is -0.481 e. The Balaban J connectivity index is 1.74. The molecule has 3 rings (SSSR count). The molecule has 1 amide bonds. The third-order valence-electron chi connectivity index (χ3n) is 6.57. The van der Waals surface area contributed by atoms with Gasteiger partial charge in [-0.2, -0.15) is 13.2 Å². The molecule has 1 aliphatic rings. The summed E-state index contributed by atoms with van der Waals surface area (Å²) in [6.45, 7) is 3.46. The van der Waals surface area contributed by atoms with Gasteiger partial charge in [-0.3, -0.25) is 14.3 Å². The quantitative estimate of drug-likeness (QED) is 0.392. The van der Waals surface area contributed by atoms with Crippen molar-refractivity contribution in [2.75, 3.05) is 11.0 Å². The highest BCUT2D eigenvalue weighted by Crippen LogP contribution is 2.54. The summed E-state index contributed by atoms with van der Waals surface area (Å²) in [5.41, 5.74) is -4.28. The highest BCUT2D eigenvalue weighted by atomic mass is 32.2. The molecule has 0 saturated heterocycles. The Hall–Kier alpha value is -3.13. The fourth-order valence-electron chi connectivity index (χ4n) is 4.24. The first kappa shape index (κ1) is 29.4. The number of carbonyl (C=O) groups is 2. The van der Waals surface area contributed by atoms with Crippen molar-refractivity contribution >= 4 is 37.4 Å². The highest BCUT2D eigenvalue weighted by molar-refractivity contribution is 7.92. The van der Waals surface area contributed by atoms with Crippen LogP contribution in [0.1, 0.15) is 49.4 Å². The van der Waals surface area contributed by atoms with Crippen molar-refractivity contribution in [3.05, 3.63) is 59.2 Å². The maximum atomic E-state index is 13.0. The molecule has 0 aromatic heterocycles. The highest BCUT2D eigenvalue weighted by Gasteiger charge is 2.56. The van der Waals surface area contributed by atoms with E-state index in [9.17, 15) is 39.6 Å². The standard InChI is InChI=1S/C24H27F3N2O7S2/c1-14(15-4-10-20(29-37(3,33)34)16(12-15)5-11-21(30)31)28-22(32)19-13-23(19,2)17-6-8-18(9-7-17)38(35,36)24(25,26)27/h4,6-10,12,14,19,29H,5,11,13H2,1-3H3,(H,28,32)(H,30,31). The van der Waals surface area contributed by atoms with Gasteiger partial charge in [0.25, 0.3) is 9.84 Å². The second-order valence-corrected chi connectivity index (χ2v) is 13.3. The number of hydrogen-bond acceptors (Lipinski definition) is 6. The molecule has 3 N–H and O–H groups in total. The van der Waals surface area contributed by atoms with Crippen LogP contribution in [0.15, 0.2) is 47.4 Å². The van der Waals surface area contributed by atoms with Crippen molar-refractivity contribution in [2.45, 2.75) is 55.0 Å². The van der Waals surface area contributed by atoms with Crippen LogP contribution in [0.2, 0.25) is 0 Å². The summed E-state index contributed by atoms with van der Waals surface area (Å²) in [4.78, 5) is 23.1. The van der Waals surface area contributed by atoms with Gasteiger partial charge in [0.05, 0.1) is 22.9 Å². The van der Waals surface area contributed by atoms with Crippen LogP contribution in [0.4, 0.5) is 18.9 Å². The van der Waals surface area contributed by atoms with E-state index in [4.69, 9.17) is 5.11 Å². The molecule has 3 unspecified atom stereocenters. The van der Waals surface area contributed by atoms with Gasteiger partial charge < -0.3 is 10.4 Å². The molecule has 2 aromatic carbocycles.